The topological polar surface area (TPSA) is 29.1 Å². The lowest BCUT2D eigenvalue weighted by Crippen LogP contribution is -2.36. The zero-order valence-corrected chi connectivity index (χ0v) is 10.4. The summed E-state index contributed by atoms with van der Waals surface area (Å²) in [7, 11) is 0. The molecule has 1 aliphatic rings. The molecule has 0 heterocycles. The first-order chi connectivity index (χ1) is 7.45. The number of alkyl halides is 4. The van der Waals surface area contributed by atoms with Gasteiger partial charge in [-0.2, -0.15) is 13.2 Å². The summed E-state index contributed by atoms with van der Waals surface area (Å²) < 4.78 is 37.1. The molecule has 2 nitrogen and oxygen atoms in total. The van der Waals surface area contributed by atoms with Gasteiger partial charge in [0.05, 0.1) is 5.92 Å². The van der Waals surface area contributed by atoms with E-state index >= 15 is 0 Å². The molecule has 1 fully saturated rings. The molecule has 0 spiro atoms. The third-order valence-corrected chi connectivity index (χ3v) is 3.35. The van der Waals surface area contributed by atoms with E-state index < -0.39 is 12.1 Å². The van der Waals surface area contributed by atoms with Crippen LogP contribution in [0.25, 0.3) is 0 Å². The van der Waals surface area contributed by atoms with Gasteiger partial charge in [0.1, 0.15) is 0 Å². The highest BCUT2D eigenvalue weighted by atomic mass is 79.9. The molecule has 0 aliphatic heterocycles. The summed E-state index contributed by atoms with van der Waals surface area (Å²) in [6.07, 6.45) is -3.25. The van der Waals surface area contributed by atoms with Crippen LogP contribution >= 0.6 is 15.9 Å². The molecule has 16 heavy (non-hydrogen) atoms. The predicted octanol–water partition coefficient (Wildman–Crippen LogP) is 2.87. The normalized spacial score (nSPS) is 26.5. The summed E-state index contributed by atoms with van der Waals surface area (Å²) in [4.78, 5) is 11.5. The number of nitrogens with one attached hydrogen (secondary N) is 1. The molecule has 1 amide bonds. The van der Waals surface area contributed by atoms with Gasteiger partial charge in [0.15, 0.2) is 0 Å². The van der Waals surface area contributed by atoms with E-state index in [0.29, 0.717) is 24.7 Å². The summed E-state index contributed by atoms with van der Waals surface area (Å²) in [6, 6.07) is 0. The van der Waals surface area contributed by atoms with E-state index in [2.05, 4.69) is 21.2 Å². The van der Waals surface area contributed by atoms with Gasteiger partial charge < -0.3 is 5.32 Å². The van der Waals surface area contributed by atoms with Gasteiger partial charge in [-0.1, -0.05) is 15.9 Å². The van der Waals surface area contributed by atoms with E-state index in [1.807, 2.05) is 0 Å². The van der Waals surface area contributed by atoms with Crippen molar-refractivity contribution in [3.05, 3.63) is 0 Å². The van der Waals surface area contributed by atoms with E-state index in [-0.39, 0.29) is 24.7 Å². The Kier molecular flexibility index (Phi) is 5.08. The summed E-state index contributed by atoms with van der Waals surface area (Å²) in [5.74, 6) is -1.56. The molecule has 0 bridgehead atoms. The van der Waals surface area contributed by atoms with Crippen molar-refractivity contribution >= 4 is 21.8 Å². The number of amides is 1. The predicted molar refractivity (Wildman–Crippen MR) is 58.3 cm³/mol. The van der Waals surface area contributed by atoms with Crippen molar-refractivity contribution in [1.82, 2.24) is 5.32 Å². The number of hydrogen-bond acceptors (Lipinski definition) is 1. The second-order valence-electron chi connectivity index (χ2n) is 4.07. The molecular formula is C10H15BrF3NO. The molecule has 1 N–H and O–H groups in total. The smallest absolute Gasteiger partial charge is 0.355 e. The van der Waals surface area contributed by atoms with Crippen LogP contribution < -0.4 is 5.32 Å². The number of carbonyl (C=O) groups is 1. The Morgan fingerprint density at radius 2 is 1.81 bits per heavy atom. The second kappa shape index (κ2) is 5.89. The van der Waals surface area contributed by atoms with Crippen LogP contribution in [0.4, 0.5) is 13.2 Å². The molecule has 6 heteroatoms. The number of carbonyl (C=O) groups excluding carboxylic acids is 1. The van der Waals surface area contributed by atoms with Crippen LogP contribution in [0.1, 0.15) is 25.7 Å². The van der Waals surface area contributed by atoms with Crippen molar-refractivity contribution in [2.24, 2.45) is 11.8 Å². The van der Waals surface area contributed by atoms with Gasteiger partial charge in [-0.05, 0) is 25.7 Å². The molecule has 1 saturated carbocycles. The lowest BCUT2D eigenvalue weighted by molar-refractivity contribution is -0.184. The first kappa shape index (κ1) is 13.8. The van der Waals surface area contributed by atoms with E-state index in [4.69, 9.17) is 0 Å². The molecule has 94 valence electrons. The van der Waals surface area contributed by atoms with Gasteiger partial charge >= 0.3 is 6.18 Å². The van der Waals surface area contributed by atoms with Gasteiger partial charge in [0, 0.05) is 17.8 Å². The van der Waals surface area contributed by atoms with E-state index in [0.717, 1.165) is 0 Å². The Bertz CT molecular complexity index is 237. The summed E-state index contributed by atoms with van der Waals surface area (Å²) in [6.45, 7) is 0.526. The SMILES string of the molecule is O=C(NCCBr)C1CCC(C(F)(F)F)CC1. The van der Waals surface area contributed by atoms with Crippen LogP contribution in [0.3, 0.4) is 0 Å². The van der Waals surface area contributed by atoms with Crippen LogP contribution in [0, 0.1) is 11.8 Å². The number of hydrogen-bond donors (Lipinski definition) is 1. The highest BCUT2D eigenvalue weighted by molar-refractivity contribution is 9.09. The minimum absolute atomic E-state index is 0.0793. The fourth-order valence-corrected chi connectivity index (χ4v) is 2.20. The molecule has 0 aromatic heterocycles. The average Bonchev–Trinajstić information content (AvgIpc) is 2.25. The highest BCUT2D eigenvalue weighted by Gasteiger charge is 2.42. The molecule has 0 aromatic rings. The maximum atomic E-state index is 12.4. The molecule has 0 aromatic carbocycles. The monoisotopic (exact) mass is 301 g/mol. The lowest BCUT2D eigenvalue weighted by Gasteiger charge is -2.29. The maximum absolute atomic E-state index is 12.4. The summed E-state index contributed by atoms with van der Waals surface area (Å²) >= 11 is 3.17. The molecular weight excluding hydrogens is 287 g/mol. The zero-order chi connectivity index (χ0) is 12.2. The Balaban J connectivity index is 2.34. The van der Waals surface area contributed by atoms with Crippen molar-refractivity contribution < 1.29 is 18.0 Å². The van der Waals surface area contributed by atoms with Crippen LogP contribution in [0.15, 0.2) is 0 Å². The Morgan fingerprint density at radius 3 is 2.25 bits per heavy atom. The molecule has 0 saturated heterocycles. The van der Waals surface area contributed by atoms with E-state index in [1.165, 1.54) is 0 Å². The standard InChI is InChI=1S/C10H15BrF3NO/c11-5-6-15-9(16)7-1-3-8(4-2-7)10(12,13)14/h7-8H,1-6H2,(H,15,16). The van der Waals surface area contributed by atoms with Crippen molar-refractivity contribution in [3.63, 3.8) is 0 Å². The molecule has 1 rings (SSSR count). The first-order valence-electron chi connectivity index (χ1n) is 5.35. The van der Waals surface area contributed by atoms with Gasteiger partial charge in [0.25, 0.3) is 0 Å². The fraction of sp³-hybridized carbons (Fsp3) is 0.900. The minimum atomic E-state index is -4.10. The van der Waals surface area contributed by atoms with Gasteiger partial charge in [-0.3, -0.25) is 4.79 Å². The van der Waals surface area contributed by atoms with Crippen molar-refractivity contribution in [3.8, 4) is 0 Å². The average molecular weight is 302 g/mol. The lowest BCUT2D eigenvalue weighted by atomic mass is 9.81. The molecule has 0 atom stereocenters. The molecule has 0 radical (unpaired) electrons. The number of rotatable bonds is 3. The van der Waals surface area contributed by atoms with Gasteiger partial charge in [-0.15, -0.1) is 0 Å². The van der Waals surface area contributed by atoms with Gasteiger partial charge in [0.2, 0.25) is 5.91 Å². The highest BCUT2D eigenvalue weighted by Crippen LogP contribution is 2.39. The van der Waals surface area contributed by atoms with Gasteiger partial charge in [-0.25, -0.2) is 0 Å². The van der Waals surface area contributed by atoms with Crippen molar-refractivity contribution in [2.75, 3.05) is 11.9 Å². The maximum Gasteiger partial charge on any atom is 0.391 e. The quantitative estimate of drug-likeness (QED) is 0.798. The van der Waals surface area contributed by atoms with E-state index in [9.17, 15) is 18.0 Å². The van der Waals surface area contributed by atoms with Crippen LogP contribution in [-0.2, 0) is 4.79 Å². The number of halogens is 4. The van der Waals surface area contributed by atoms with Crippen molar-refractivity contribution in [1.29, 1.82) is 0 Å². The Labute approximate surface area is 101 Å². The molecule has 1 aliphatic carbocycles. The fourth-order valence-electron chi connectivity index (χ4n) is 2.00. The van der Waals surface area contributed by atoms with E-state index in [1.54, 1.807) is 0 Å². The van der Waals surface area contributed by atoms with Crippen LogP contribution in [-0.4, -0.2) is 24.0 Å². The largest absolute Gasteiger partial charge is 0.391 e. The third kappa shape index (κ3) is 3.96. The van der Waals surface area contributed by atoms with Crippen molar-refractivity contribution in [2.45, 2.75) is 31.9 Å². The third-order valence-electron chi connectivity index (χ3n) is 2.95. The molecule has 0 unspecified atom stereocenters. The Morgan fingerprint density at radius 1 is 1.25 bits per heavy atom. The summed E-state index contributed by atoms with van der Waals surface area (Å²) in [5, 5.41) is 3.35. The zero-order valence-electron chi connectivity index (χ0n) is 8.82. The minimum Gasteiger partial charge on any atom is -0.355 e. The summed E-state index contributed by atoms with van der Waals surface area (Å²) in [5.41, 5.74) is 0. The first-order valence-corrected chi connectivity index (χ1v) is 6.47. The second-order valence-corrected chi connectivity index (χ2v) is 4.86. The Hall–Kier alpha value is -0.260. The van der Waals surface area contributed by atoms with Crippen LogP contribution in [0.5, 0.6) is 0 Å². The van der Waals surface area contributed by atoms with Crippen LogP contribution in [0.2, 0.25) is 0 Å².